The van der Waals surface area contributed by atoms with Crippen LogP contribution in [0.2, 0.25) is 0 Å². The zero-order valence-corrected chi connectivity index (χ0v) is 11.5. The first-order valence-corrected chi connectivity index (χ1v) is 7.09. The van der Waals surface area contributed by atoms with Gasteiger partial charge < -0.3 is 15.1 Å². The lowest BCUT2D eigenvalue weighted by Gasteiger charge is -2.17. The molecule has 1 saturated heterocycles. The maximum atomic E-state index is 12.2. The van der Waals surface area contributed by atoms with Crippen molar-refractivity contribution in [2.75, 3.05) is 6.54 Å². The van der Waals surface area contributed by atoms with Crippen LogP contribution in [0.15, 0.2) is 4.42 Å². The molecule has 5 heteroatoms. The Bertz CT molecular complexity index is 464. The van der Waals surface area contributed by atoms with Crippen molar-refractivity contribution >= 4 is 5.91 Å². The second-order valence-corrected chi connectivity index (χ2v) is 5.71. The van der Waals surface area contributed by atoms with E-state index >= 15 is 0 Å². The predicted octanol–water partition coefficient (Wildman–Crippen LogP) is 1.30. The number of carbonyl (C=O) groups excluding carboxylic acids is 1. The minimum atomic E-state index is -0.0235. The number of oxazole rings is 1. The van der Waals surface area contributed by atoms with Crippen LogP contribution < -0.4 is 10.6 Å². The minimum Gasteiger partial charge on any atom is -0.444 e. The van der Waals surface area contributed by atoms with Gasteiger partial charge in [0.25, 0.3) is 0 Å². The van der Waals surface area contributed by atoms with Gasteiger partial charge in [0.05, 0.1) is 18.3 Å². The van der Waals surface area contributed by atoms with Crippen molar-refractivity contribution in [1.82, 2.24) is 15.6 Å². The summed E-state index contributed by atoms with van der Waals surface area (Å²) in [4.78, 5) is 16.5. The van der Waals surface area contributed by atoms with Crippen molar-refractivity contribution in [3.63, 3.8) is 0 Å². The van der Waals surface area contributed by atoms with Gasteiger partial charge in [-0.2, -0.15) is 0 Å². The first kappa shape index (κ1) is 12.7. The maximum absolute atomic E-state index is 12.2. The van der Waals surface area contributed by atoms with Crippen molar-refractivity contribution in [2.45, 2.75) is 45.7 Å². The summed E-state index contributed by atoms with van der Waals surface area (Å²) >= 11 is 0. The molecular weight excluding hydrogens is 242 g/mol. The molecule has 0 radical (unpaired) electrons. The van der Waals surface area contributed by atoms with Crippen LogP contribution in [0.5, 0.6) is 0 Å². The Morgan fingerprint density at radius 2 is 2.32 bits per heavy atom. The summed E-state index contributed by atoms with van der Waals surface area (Å²) in [5.74, 6) is 2.71. The van der Waals surface area contributed by atoms with Gasteiger partial charge in [0.2, 0.25) is 11.8 Å². The quantitative estimate of drug-likeness (QED) is 0.862. The number of aryl methyl sites for hydroxylation is 2. The van der Waals surface area contributed by atoms with Crippen molar-refractivity contribution < 1.29 is 9.21 Å². The monoisotopic (exact) mass is 263 g/mol. The van der Waals surface area contributed by atoms with Gasteiger partial charge in [-0.05, 0) is 45.1 Å². The van der Waals surface area contributed by atoms with Crippen LogP contribution in [-0.4, -0.2) is 23.5 Å². The molecule has 1 aliphatic heterocycles. The SMILES string of the molecule is Cc1nc(CNC(=O)C2NCC3CCCC32)oc1C. The lowest BCUT2D eigenvalue weighted by Crippen LogP contribution is -2.43. The fourth-order valence-corrected chi connectivity index (χ4v) is 3.36. The van der Waals surface area contributed by atoms with E-state index in [9.17, 15) is 4.79 Å². The number of amides is 1. The predicted molar refractivity (Wildman–Crippen MR) is 70.4 cm³/mol. The molecule has 1 aromatic rings. The molecule has 2 aliphatic rings. The van der Waals surface area contributed by atoms with E-state index in [4.69, 9.17) is 4.42 Å². The summed E-state index contributed by atoms with van der Waals surface area (Å²) in [6.45, 7) is 5.16. The molecule has 2 N–H and O–H groups in total. The Balaban J connectivity index is 1.56. The summed E-state index contributed by atoms with van der Waals surface area (Å²) in [7, 11) is 0. The Morgan fingerprint density at radius 3 is 3.05 bits per heavy atom. The van der Waals surface area contributed by atoms with Gasteiger partial charge in [0.15, 0.2) is 0 Å². The highest BCUT2D eigenvalue weighted by atomic mass is 16.4. The molecule has 104 valence electrons. The van der Waals surface area contributed by atoms with Gasteiger partial charge in [-0.25, -0.2) is 4.98 Å². The van der Waals surface area contributed by atoms with E-state index in [1.807, 2.05) is 13.8 Å². The molecule has 0 spiro atoms. The van der Waals surface area contributed by atoms with E-state index in [0.29, 0.717) is 24.3 Å². The fraction of sp³-hybridized carbons (Fsp3) is 0.714. The highest BCUT2D eigenvalue weighted by molar-refractivity contribution is 5.82. The summed E-state index contributed by atoms with van der Waals surface area (Å²) in [5.41, 5.74) is 0.888. The second kappa shape index (κ2) is 4.96. The largest absolute Gasteiger partial charge is 0.444 e. The summed E-state index contributed by atoms with van der Waals surface area (Å²) in [5, 5.41) is 6.28. The van der Waals surface area contributed by atoms with E-state index in [1.54, 1.807) is 0 Å². The van der Waals surface area contributed by atoms with Crippen LogP contribution in [0, 0.1) is 25.7 Å². The Morgan fingerprint density at radius 1 is 1.47 bits per heavy atom. The fourth-order valence-electron chi connectivity index (χ4n) is 3.36. The molecule has 3 unspecified atom stereocenters. The van der Waals surface area contributed by atoms with Gasteiger partial charge in [-0.1, -0.05) is 6.42 Å². The number of hydrogen-bond donors (Lipinski definition) is 2. The molecule has 2 heterocycles. The Hall–Kier alpha value is -1.36. The topological polar surface area (TPSA) is 67.2 Å². The lowest BCUT2D eigenvalue weighted by atomic mass is 9.94. The molecule has 2 fully saturated rings. The van der Waals surface area contributed by atoms with Crippen molar-refractivity contribution in [3.8, 4) is 0 Å². The molecule has 5 nitrogen and oxygen atoms in total. The van der Waals surface area contributed by atoms with Crippen LogP contribution in [0.4, 0.5) is 0 Å². The molecule has 19 heavy (non-hydrogen) atoms. The van der Waals surface area contributed by atoms with Crippen LogP contribution in [0.25, 0.3) is 0 Å². The maximum Gasteiger partial charge on any atom is 0.237 e. The minimum absolute atomic E-state index is 0.0235. The molecule has 0 bridgehead atoms. The summed E-state index contributed by atoms with van der Waals surface area (Å²) in [6, 6.07) is -0.0235. The van der Waals surface area contributed by atoms with Gasteiger partial charge >= 0.3 is 0 Å². The standard InChI is InChI=1S/C14H21N3O2/c1-8-9(2)19-12(17-8)7-16-14(18)13-11-5-3-4-10(11)6-15-13/h10-11,13,15H,3-7H2,1-2H3,(H,16,18). The number of fused-ring (bicyclic) bond motifs is 1. The molecule has 1 aromatic heterocycles. The van der Waals surface area contributed by atoms with E-state index in [2.05, 4.69) is 15.6 Å². The highest BCUT2D eigenvalue weighted by Gasteiger charge is 2.42. The molecule has 3 rings (SSSR count). The van der Waals surface area contributed by atoms with Gasteiger partial charge in [0, 0.05) is 0 Å². The van der Waals surface area contributed by atoms with Crippen molar-refractivity contribution in [1.29, 1.82) is 0 Å². The van der Waals surface area contributed by atoms with E-state index < -0.39 is 0 Å². The number of carbonyl (C=O) groups is 1. The third-order valence-electron chi connectivity index (χ3n) is 4.52. The molecule has 1 aliphatic carbocycles. The van der Waals surface area contributed by atoms with E-state index in [0.717, 1.165) is 18.0 Å². The Kier molecular flexibility index (Phi) is 3.31. The summed E-state index contributed by atoms with van der Waals surface area (Å²) < 4.78 is 5.47. The summed E-state index contributed by atoms with van der Waals surface area (Å²) in [6.07, 6.45) is 3.70. The molecule has 3 atom stereocenters. The lowest BCUT2D eigenvalue weighted by molar-refractivity contribution is -0.124. The molecule has 0 aromatic carbocycles. The zero-order chi connectivity index (χ0) is 13.4. The molecular formula is C14H21N3O2. The smallest absolute Gasteiger partial charge is 0.237 e. The van der Waals surface area contributed by atoms with Crippen LogP contribution >= 0.6 is 0 Å². The number of nitrogens with one attached hydrogen (secondary N) is 2. The highest BCUT2D eigenvalue weighted by Crippen LogP contribution is 2.37. The second-order valence-electron chi connectivity index (χ2n) is 5.71. The number of rotatable bonds is 3. The molecule has 1 saturated carbocycles. The number of hydrogen-bond acceptors (Lipinski definition) is 4. The van der Waals surface area contributed by atoms with Crippen molar-refractivity contribution in [2.24, 2.45) is 11.8 Å². The van der Waals surface area contributed by atoms with Crippen molar-refractivity contribution in [3.05, 3.63) is 17.3 Å². The van der Waals surface area contributed by atoms with Crippen LogP contribution in [0.1, 0.15) is 36.6 Å². The third kappa shape index (κ3) is 2.39. The van der Waals surface area contributed by atoms with E-state index in [1.165, 1.54) is 19.3 Å². The van der Waals surface area contributed by atoms with Gasteiger partial charge in [-0.3, -0.25) is 4.79 Å². The zero-order valence-electron chi connectivity index (χ0n) is 11.5. The van der Waals surface area contributed by atoms with Crippen LogP contribution in [-0.2, 0) is 11.3 Å². The molecule has 1 amide bonds. The van der Waals surface area contributed by atoms with E-state index in [-0.39, 0.29) is 11.9 Å². The first-order valence-electron chi connectivity index (χ1n) is 7.09. The number of aromatic nitrogens is 1. The average Bonchev–Trinajstić information content (AvgIpc) is 3.03. The van der Waals surface area contributed by atoms with Crippen LogP contribution in [0.3, 0.4) is 0 Å². The Labute approximate surface area is 113 Å². The van der Waals surface area contributed by atoms with Gasteiger partial charge in [-0.15, -0.1) is 0 Å². The number of nitrogens with zero attached hydrogens (tertiary/aromatic N) is 1. The first-order chi connectivity index (χ1) is 9.15. The van der Waals surface area contributed by atoms with Gasteiger partial charge in [0.1, 0.15) is 5.76 Å². The third-order valence-corrected chi connectivity index (χ3v) is 4.52. The normalized spacial score (nSPS) is 29.5. The average molecular weight is 263 g/mol.